The van der Waals surface area contributed by atoms with E-state index < -0.39 is 0 Å². The highest BCUT2D eigenvalue weighted by Gasteiger charge is 2.19. The van der Waals surface area contributed by atoms with Gasteiger partial charge in [0.25, 0.3) is 0 Å². The molecule has 0 bridgehead atoms. The summed E-state index contributed by atoms with van der Waals surface area (Å²) in [6, 6.07) is 37.9. The largest absolute Gasteiger partial charge is 0.0901 e. The number of hydrogen-bond acceptors (Lipinski definition) is 1. The van der Waals surface area contributed by atoms with E-state index in [-0.39, 0.29) is 0 Å². The Morgan fingerprint density at radius 2 is 0.600 bits per heavy atom. The minimum absolute atomic E-state index is 1.29. The molecule has 0 fully saturated rings. The van der Waals surface area contributed by atoms with Crippen molar-refractivity contribution in [2.24, 2.45) is 0 Å². The van der Waals surface area contributed by atoms with E-state index in [0.717, 1.165) is 0 Å². The topological polar surface area (TPSA) is 0 Å². The number of fused-ring (bicyclic) bond motifs is 4. The van der Waals surface area contributed by atoms with Crippen LogP contribution in [0.15, 0.2) is 119 Å². The van der Waals surface area contributed by atoms with Crippen LogP contribution >= 0.6 is 11.8 Å². The van der Waals surface area contributed by atoms with Crippen LogP contribution in [0.25, 0.3) is 22.3 Å². The minimum Gasteiger partial charge on any atom is -0.0901 e. The van der Waals surface area contributed by atoms with Gasteiger partial charge < -0.3 is 0 Å². The molecule has 0 aromatic heterocycles. The van der Waals surface area contributed by atoms with Crippen LogP contribution in [0.5, 0.6) is 0 Å². The van der Waals surface area contributed by atoms with Crippen molar-refractivity contribution in [3.8, 4) is 22.3 Å². The zero-order chi connectivity index (χ0) is 16.9. The Bertz CT molecular complexity index is 822. The van der Waals surface area contributed by atoms with Crippen LogP contribution in [0.2, 0.25) is 0 Å². The molecule has 0 saturated heterocycles. The molecule has 5 rings (SSSR count). The van der Waals surface area contributed by atoms with Crippen LogP contribution in [-0.4, -0.2) is 0 Å². The van der Waals surface area contributed by atoms with Gasteiger partial charge in [0.15, 0.2) is 0 Å². The molecule has 0 atom stereocenters. The Balaban J connectivity index is 0.000000126. The van der Waals surface area contributed by atoms with Gasteiger partial charge in [0, 0.05) is 9.79 Å². The first-order valence-corrected chi connectivity index (χ1v) is 9.20. The minimum atomic E-state index is 1.29. The van der Waals surface area contributed by atoms with Gasteiger partial charge in [0.1, 0.15) is 0 Å². The van der Waals surface area contributed by atoms with Crippen LogP contribution in [-0.2, 0) is 0 Å². The van der Waals surface area contributed by atoms with Gasteiger partial charge in [-0.1, -0.05) is 96.7 Å². The quantitative estimate of drug-likeness (QED) is 0.329. The van der Waals surface area contributed by atoms with Crippen LogP contribution in [0.3, 0.4) is 0 Å². The van der Waals surface area contributed by atoms with Crippen LogP contribution in [0.1, 0.15) is 0 Å². The molecule has 1 aliphatic rings. The molecular formula is C24H18S. The number of rotatable bonds is 2. The van der Waals surface area contributed by atoms with Gasteiger partial charge in [0.2, 0.25) is 0 Å². The molecule has 0 aliphatic heterocycles. The summed E-state index contributed by atoms with van der Waals surface area (Å²) >= 11 is 1.79. The maximum Gasteiger partial charge on any atom is 0.0122 e. The van der Waals surface area contributed by atoms with E-state index in [1.807, 2.05) is 12.1 Å². The van der Waals surface area contributed by atoms with Crippen molar-refractivity contribution in [1.82, 2.24) is 0 Å². The molecule has 1 heteroatoms. The van der Waals surface area contributed by atoms with Crippen molar-refractivity contribution in [1.29, 1.82) is 0 Å². The normalized spacial score (nSPS) is 10.6. The van der Waals surface area contributed by atoms with Gasteiger partial charge >= 0.3 is 0 Å². The lowest BCUT2D eigenvalue weighted by Crippen LogP contribution is -1.96. The third-order valence-electron chi connectivity index (χ3n) is 4.16. The van der Waals surface area contributed by atoms with E-state index in [4.69, 9.17) is 0 Å². The average Bonchev–Trinajstić information content (AvgIpc) is 2.68. The zero-order valence-electron chi connectivity index (χ0n) is 13.8. The summed E-state index contributed by atoms with van der Waals surface area (Å²) in [5.41, 5.74) is 5.59. The molecular weight excluding hydrogens is 320 g/mol. The average molecular weight is 338 g/mol. The summed E-state index contributed by atoms with van der Waals surface area (Å²) in [7, 11) is 0. The third kappa shape index (κ3) is 3.52. The van der Waals surface area contributed by atoms with E-state index in [9.17, 15) is 0 Å². The molecule has 0 N–H and O–H groups in total. The molecule has 25 heavy (non-hydrogen) atoms. The first kappa shape index (κ1) is 15.7. The first-order valence-electron chi connectivity index (χ1n) is 8.38. The second-order valence-electron chi connectivity index (χ2n) is 5.82. The molecule has 0 heterocycles. The summed E-state index contributed by atoms with van der Waals surface area (Å²) in [5, 5.41) is 0. The van der Waals surface area contributed by atoms with Crippen molar-refractivity contribution in [2.75, 3.05) is 0 Å². The maximum atomic E-state index is 2.18. The molecule has 0 radical (unpaired) electrons. The molecule has 0 spiro atoms. The SMILES string of the molecule is c1ccc(Sc2ccccc2)cc1.c1ccc2c(c1)-c1ccccc1-2. The van der Waals surface area contributed by atoms with Gasteiger partial charge in [-0.25, -0.2) is 0 Å². The predicted molar refractivity (Wildman–Crippen MR) is 108 cm³/mol. The van der Waals surface area contributed by atoms with Gasteiger partial charge in [-0.15, -0.1) is 0 Å². The van der Waals surface area contributed by atoms with E-state index in [0.29, 0.717) is 0 Å². The van der Waals surface area contributed by atoms with Crippen LogP contribution < -0.4 is 0 Å². The Labute approximate surface area is 153 Å². The van der Waals surface area contributed by atoms with E-state index in [1.54, 1.807) is 11.8 Å². The van der Waals surface area contributed by atoms with Crippen molar-refractivity contribution in [2.45, 2.75) is 9.79 Å². The Morgan fingerprint density at radius 1 is 0.320 bits per heavy atom. The lowest BCUT2D eigenvalue weighted by Gasteiger charge is -2.22. The molecule has 4 aromatic rings. The number of hydrogen-bond donors (Lipinski definition) is 0. The highest BCUT2D eigenvalue weighted by Crippen LogP contribution is 2.46. The van der Waals surface area contributed by atoms with E-state index in [1.165, 1.54) is 32.0 Å². The van der Waals surface area contributed by atoms with Crippen molar-refractivity contribution in [3.63, 3.8) is 0 Å². The highest BCUT2D eigenvalue weighted by molar-refractivity contribution is 7.99. The fourth-order valence-corrected chi connectivity index (χ4v) is 3.81. The molecule has 120 valence electrons. The zero-order valence-corrected chi connectivity index (χ0v) is 14.6. The summed E-state index contributed by atoms with van der Waals surface area (Å²) in [6.07, 6.45) is 0. The van der Waals surface area contributed by atoms with Gasteiger partial charge in [0.05, 0.1) is 0 Å². The van der Waals surface area contributed by atoms with Crippen LogP contribution in [0.4, 0.5) is 0 Å². The second-order valence-corrected chi connectivity index (χ2v) is 6.97. The Kier molecular flexibility index (Phi) is 4.67. The van der Waals surface area contributed by atoms with Crippen molar-refractivity contribution < 1.29 is 0 Å². The second kappa shape index (κ2) is 7.42. The molecule has 0 unspecified atom stereocenters. The Morgan fingerprint density at radius 3 is 0.920 bits per heavy atom. The molecule has 0 nitrogen and oxygen atoms in total. The summed E-state index contributed by atoms with van der Waals surface area (Å²) < 4.78 is 0. The van der Waals surface area contributed by atoms with Gasteiger partial charge in [-0.05, 0) is 46.5 Å². The molecule has 4 aromatic carbocycles. The van der Waals surface area contributed by atoms with E-state index in [2.05, 4.69) is 97.1 Å². The first-order chi connectivity index (χ1) is 12.4. The fourth-order valence-electron chi connectivity index (χ4n) is 2.96. The molecule has 1 aliphatic carbocycles. The summed E-state index contributed by atoms with van der Waals surface area (Å²) in [4.78, 5) is 2.57. The monoisotopic (exact) mass is 338 g/mol. The van der Waals surface area contributed by atoms with E-state index >= 15 is 0 Å². The maximum absolute atomic E-state index is 2.18. The summed E-state index contributed by atoms with van der Waals surface area (Å²) in [6.45, 7) is 0. The lowest BCUT2D eigenvalue weighted by atomic mass is 9.81. The Hall–Kier alpha value is -2.77. The smallest absolute Gasteiger partial charge is 0.0122 e. The highest BCUT2D eigenvalue weighted by atomic mass is 32.2. The fraction of sp³-hybridized carbons (Fsp3) is 0. The third-order valence-corrected chi connectivity index (χ3v) is 5.17. The molecule has 0 saturated carbocycles. The standard InChI is InChI=1S/C12H10S.C12H8/c1-3-7-11(8-4-1)13-12-9-5-2-6-10-12;1-2-6-10-9(5-1)11-7-3-4-8-12(10)11/h1-10H;1-8H. The van der Waals surface area contributed by atoms with Crippen molar-refractivity contribution >= 4 is 11.8 Å². The number of benzene rings is 4. The molecule has 0 amide bonds. The van der Waals surface area contributed by atoms with Gasteiger partial charge in [-0.2, -0.15) is 0 Å². The van der Waals surface area contributed by atoms with Gasteiger partial charge in [-0.3, -0.25) is 0 Å². The van der Waals surface area contributed by atoms with Crippen molar-refractivity contribution in [3.05, 3.63) is 109 Å². The van der Waals surface area contributed by atoms with Crippen LogP contribution in [0, 0.1) is 0 Å². The predicted octanol–water partition coefficient (Wildman–Crippen LogP) is 7.17. The lowest BCUT2D eigenvalue weighted by molar-refractivity contribution is 1.41. The summed E-state index contributed by atoms with van der Waals surface area (Å²) in [5.74, 6) is 0.